The molecule has 0 unspecified atom stereocenters. The van der Waals surface area contributed by atoms with E-state index in [9.17, 15) is 14.4 Å². The Morgan fingerprint density at radius 1 is 1.23 bits per heavy atom. The van der Waals surface area contributed by atoms with Crippen molar-refractivity contribution in [3.8, 4) is 0 Å². The topological polar surface area (TPSA) is 76.2 Å². The number of aryl methyl sites for hydroxylation is 1. The zero-order valence-electron chi connectivity index (χ0n) is 12.1. The Bertz CT molecular complexity index is 1020. The van der Waals surface area contributed by atoms with Crippen LogP contribution in [-0.2, 0) is 4.74 Å². The fourth-order valence-electron chi connectivity index (χ4n) is 2.34. The number of ether oxygens (including phenoxy) is 1. The lowest BCUT2D eigenvalue weighted by Crippen LogP contribution is -2.20. The minimum Gasteiger partial charge on any atom is -0.462 e. The zero-order chi connectivity index (χ0) is 15.9. The van der Waals surface area contributed by atoms with E-state index in [4.69, 9.17) is 4.74 Å². The number of H-pyrrole nitrogens is 1. The van der Waals surface area contributed by atoms with Gasteiger partial charge in [-0.15, -0.1) is 11.3 Å². The van der Waals surface area contributed by atoms with Crippen LogP contribution in [0, 0.1) is 6.92 Å². The lowest BCUT2D eigenvalue weighted by molar-refractivity contribution is 0.0524. The van der Waals surface area contributed by atoms with E-state index in [1.165, 1.54) is 17.5 Å². The monoisotopic (exact) mass is 315 g/mol. The van der Waals surface area contributed by atoms with Crippen LogP contribution in [0.3, 0.4) is 0 Å². The van der Waals surface area contributed by atoms with Gasteiger partial charge in [-0.2, -0.15) is 0 Å². The van der Waals surface area contributed by atoms with Crippen LogP contribution in [-0.4, -0.2) is 17.6 Å². The van der Waals surface area contributed by atoms with Gasteiger partial charge in [0.1, 0.15) is 15.8 Å². The molecule has 6 heteroatoms. The zero-order valence-corrected chi connectivity index (χ0v) is 12.9. The third-order valence-corrected chi connectivity index (χ3v) is 4.76. The molecule has 22 heavy (non-hydrogen) atoms. The van der Waals surface area contributed by atoms with Crippen molar-refractivity contribution in [2.75, 3.05) is 6.61 Å². The highest BCUT2D eigenvalue weighted by Crippen LogP contribution is 2.24. The summed E-state index contributed by atoms with van der Waals surface area (Å²) in [6.07, 6.45) is 1.25. The molecule has 0 radical (unpaired) electrons. The molecule has 0 aliphatic rings. The predicted octanol–water partition coefficient (Wildman–Crippen LogP) is 2.59. The molecule has 0 aliphatic heterocycles. The molecule has 2 heterocycles. The maximum atomic E-state index is 12.5. The van der Waals surface area contributed by atoms with Gasteiger partial charge in [0, 0.05) is 16.3 Å². The summed E-state index contributed by atoms with van der Waals surface area (Å²) in [5.74, 6) is -0.685. The van der Waals surface area contributed by atoms with Crippen LogP contribution in [0.2, 0.25) is 0 Å². The number of aromatic amines is 1. The van der Waals surface area contributed by atoms with E-state index in [0.717, 1.165) is 10.3 Å². The quantitative estimate of drug-likeness (QED) is 0.582. The maximum Gasteiger partial charge on any atom is 0.343 e. The predicted molar refractivity (Wildman–Crippen MR) is 86.9 cm³/mol. The van der Waals surface area contributed by atoms with E-state index in [-0.39, 0.29) is 27.8 Å². The molecule has 0 saturated heterocycles. The Kier molecular flexibility index (Phi) is 3.54. The summed E-state index contributed by atoms with van der Waals surface area (Å²) in [5, 5.41) is 0.567. The summed E-state index contributed by atoms with van der Waals surface area (Å²) in [4.78, 5) is 39.6. The highest BCUT2D eigenvalue weighted by atomic mass is 32.1. The number of esters is 1. The van der Waals surface area contributed by atoms with Crippen LogP contribution >= 0.6 is 11.3 Å². The highest BCUT2D eigenvalue weighted by Gasteiger charge is 2.17. The molecule has 1 N–H and O–H groups in total. The number of aromatic nitrogens is 1. The molecular formula is C16H13NO4S. The fourth-order valence-corrected chi connectivity index (χ4v) is 3.50. The summed E-state index contributed by atoms with van der Waals surface area (Å²) < 4.78 is 5.87. The Hall–Kier alpha value is -2.47. The second-order valence-corrected chi connectivity index (χ2v) is 5.86. The van der Waals surface area contributed by atoms with Crippen molar-refractivity contribution in [3.05, 3.63) is 56.0 Å². The average molecular weight is 315 g/mol. The van der Waals surface area contributed by atoms with Crippen LogP contribution in [0.15, 0.2) is 34.0 Å². The standard InChI is InChI=1S/C16H13NO4S/c1-3-21-16(20)10-7-17-11-12(18)9-6-4-5-8(2)14(9)22-15(11)13(10)19/h4-7H,3H2,1-2H3,(H,17,19). The van der Waals surface area contributed by atoms with Crippen molar-refractivity contribution in [2.45, 2.75) is 13.8 Å². The molecule has 0 bridgehead atoms. The molecule has 0 aliphatic carbocycles. The van der Waals surface area contributed by atoms with Crippen LogP contribution < -0.4 is 10.9 Å². The van der Waals surface area contributed by atoms with E-state index in [1.54, 1.807) is 13.0 Å². The molecule has 3 aromatic rings. The van der Waals surface area contributed by atoms with E-state index in [1.807, 2.05) is 19.1 Å². The van der Waals surface area contributed by atoms with Crippen LogP contribution in [0.5, 0.6) is 0 Å². The van der Waals surface area contributed by atoms with Crippen molar-refractivity contribution >= 4 is 37.6 Å². The van der Waals surface area contributed by atoms with Crippen molar-refractivity contribution in [1.29, 1.82) is 0 Å². The van der Waals surface area contributed by atoms with Gasteiger partial charge in [-0.05, 0) is 25.5 Å². The number of rotatable bonds is 2. The summed E-state index contributed by atoms with van der Waals surface area (Å²) >= 11 is 1.22. The first kappa shape index (κ1) is 14.5. The molecule has 3 rings (SSSR count). The van der Waals surface area contributed by atoms with Crippen LogP contribution in [0.1, 0.15) is 22.8 Å². The maximum absolute atomic E-state index is 12.5. The molecule has 0 fully saturated rings. The number of carbonyl (C=O) groups is 1. The summed E-state index contributed by atoms with van der Waals surface area (Å²) in [5.41, 5.74) is 0.348. The Balaban J connectivity index is 2.43. The van der Waals surface area contributed by atoms with Gasteiger partial charge in [-0.1, -0.05) is 12.1 Å². The van der Waals surface area contributed by atoms with Gasteiger partial charge in [0.25, 0.3) is 0 Å². The third-order valence-electron chi connectivity index (χ3n) is 3.42. The Labute approximate surface area is 129 Å². The smallest absolute Gasteiger partial charge is 0.343 e. The number of benzene rings is 1. The second-order valence-electron chi connectivity index (χ2n) is 4.84. The first-order valence-corrected chi connectivity index (χ1v) is 7.61. The largest absolute Gasteiger partial charge is 0.462 e. The van der Waals surface area contributed by atoms with E-state index < -0.39 is 11.4 Å². The molecule has 0 spiro atoms. The molecular weight excluding hydrogens is 302 g/mol. The van der Waals surface area contributed by atoms with Crippen LogP contribution in [0.25, 0.3) is 20.3 Å². The number of nitrogens with one attached hydrogen (secondary N) is 1. The number of hydrogen-bond donors (Lipinski definition) is 1. The number of hydrogen-bond acceptors (Lipinski definition) is 5. The van der Waals surface area contributed by atoms with E-state index in [0.29, 0.717) is 5.39 Å². The second kappa shape index (κ2) is 5.38. The molecule has 0 saturated carbocycles. The summed E-state index contributed by atoms with van der Waals surface area (Å²) in [7, 11) is 0. The van der Waals surface area contributed by atoms with Gasteiger partial charge in [-0.25, -0.2) is 4.79 Å². The van der Waals surface area contributed by atoms with Gasteiger partial charge in [0.15, 0.2) is 0 Å². The minimum absolute atomic E-state index is 0.0852. The van der Waals surface area contributed by atoms with Crippen molar-refractivity contribution < 1.29 is 9.53 Å². The summed E-state index contributed by atoms with van der Waals surface area (Å²) in [6.45, 7) is 3.74. The highest BCUT2D eigenvalue weighted by molar-refractivity contribution is 7.24. The first-order valence-electron chi connectivity index (χ1n) is 6.79. The first-order chi connectivity index (χ1) is 10.5. The third kappa shape index (κ3) is 2.12. The lowest BCUT2D eigenvalue weighted by atomic mass is 10.1. The SMILES string of the molecule is CCOC(=O)c1c[nH]c2c(=O)c3cccc(C)c3sc2c1=O. The molecule has 5 nitrogen and oxygen atoms in total. The van der Waals surface area contributed by atoms with Gasteiger partial charge < -0.3 is 9.72 Å². The van der Waals surface area contributed by atoms with Gasteiger partial charge in [-0.3, -0.25) is 9.59 Å². The lowest BCUT2D eigenvalue weighted by Gasteiger charge is -2.05. The van der Waals surface area contributed by atoms with Crippen molar-refractivity contribution in [1.82, 2.24) is 4.98 Å². The van der Waals surface area contributed by atoms with E-state index in [2.05, 4.69) is 4.98 Å². The van der Waals surface area contributed by atoms with Crippen molar-refractivity contribution in [2.24, 2.45) is 0 Å². The normalized spacial score (nSPS) is 11.0. The van der Waals surface area contributed by atoms with Crippen LogP contribution in [0.4, 0.5) is 0 Å². The van der Waals surface area contributed by atoms with Crippen molar-refractivity contribution in [3.63, 3.8) is 0 Å². The molecule has 0 amide bonds. The number of carbonyl (C=O) groups excluding carboxylic acids is 1. The number of pyridine rings is 1. The molecule has 0 atom stereocenters. The minimum atomic E-state index is -0.685. The Morgan fingerprint density at radius 3 is 2.73 bits per heavy atom. The van der Waals surface area contributed by atoms with E-state index >= 15 is 0 Å². The molecule has 2 aromatic heterocycles. The average Bonchev–Trinajstić information content (AvgIpc) is 2.50. The summed E-state index contributed by atoms with van der Waals surface area (Å²) in [6, 6.07) is 5.42. The Morgan fingerprint density at radius 2 is 2.00 bits per heavy atom. The van der Waals surface area contributed by atoms with Gasteiger partial charge >= 0.3 is 5.97 Å². The molecule has 1 aromatic carbocycles. The molecule has 112 valence electrons. The number of fused-ring (bicyclic) bond motifs is 2. The van der Waals surface area contributed by atoms with Gasteiger partial charge in [0.05, 0.1) is 6.61 Å². The van der Waals surface area contributed by atoms with Gasteiger partial charge in [0.2, 0.25) is 10.9 Å². The fraction of sp³-hybridized carbons (Fsp3) is 0.188.